The van der Waals surface area contributed by atoms with Gasteiger partial charge in [-0.25, -0.2) is 13.1 Å². The molecular weight excluding hydrogens is 270 g/mol. The Morgan fingerprint density at radius 2 is 2.36 bits per heavy atom. The lowest BCUT2D eigenvalue weighted by molar-refractivity contribution is 0.580. The fourth-order valence-corrected chi connectivity index (χ4v) is 2.45. The molecule has 0 atom stereocenters. The monoisotopic (exact) mass is 281 g/mol. The molecule has 0 bridgehead atoms. The van der Waals surface area contributed by atoms with Gasteiger partial charge in [-0.05, 0) is 13.3 Å². The molecule has 1 aromatic heterocycles. The zero-order valence-electron chi connectivity index (χ0n) is 7.75. The van der Waals surface area contributed by atoms with Crippen molar-refractivity contribution in [2.45, 2.75) is 18.2 Å². The highest BCUT2D eigenvalue weighted by molar-refractivity contribution is 9.09. The van der Waals surface area contributed by atoms with E-state index in [1.807, 2.05) is 0 Å². The first-order valence-corrected chi connectivity index (χ1v) is 6.74. The van der Waals surface area contributed by atoms with Gasteiger partial charge < -0.3 is 0 Å². The van der Waals surface area contributed by atoms with Gasteiger partial charge >= 0.3 is 0 Å². The SMILES string of the molecule is Cc1[nH]ncc1S(=O)(=O)NCCCBr. The predicted molar refractivity (Wildman–Crippen MR) is 56.9 cm³/mol. The van der Waals surface area contributed by atoms with Crippen LogP contribution in [0.3, 0.4) is 0 Å². The van der Waals surface area contributed by atoms with Crippen molar-refractivity contribution in [3.05, 3.63) is 11.9 Å². The average molecular weight is 282 g/mol. The largest absolute Gasteiger partial charge is 0.281 e. The number of H-pyrrole nitrogens is 1. The first kappa shape index (κ1) is 11.7. The topological polar surface area (TPSA) is 74.8 Å². The van der Waals surface area contributed by atoms with Gasteiger partial charge in [0.25, 0.3) is 0 Å². The molecule has 80 valence electrons. The lowest BCUT2D eigenvalue weighted by Crippen LogP contribution is -2.25. The van der Waals surface area contributed by atoms with Crippen molar-refractivity contribution in [1.82, 2.24) is 14.9 Å². The van der Waals surface area contributed by atoms with Gasteiger partial charge in [0.2, 0.25) is 10.0 Å². The summed E-state index contributed by atoms with van der Waals surface area (Å²) in [5.41, 5.74) is 0.552. The molecule has 0 saturated carbocycles. The number of rotatable bonds is 5. The van der Waals surface area contributed by atoms with E-state index in [2.05, 4.69) is 30.8 Å². The molecule has 1 aromatic rings. The summed E-state index contributed by atoms with van der Waals surface area (Å²) < 4.78 is 25.7. The third kappa shape index (κ3) is 2.79. The number of aromatic nitrogens is 2. The molecule has 0 aliphatic carbocycles. The molecule has 0 aliphatic heterocycles. The fraction of sp³-hybridized carbons (Fsp3) is 0.571. The molecular formula is C7H12BrN3O2S. The van der Waals surface area contributed by atoms with E-state index >= 15 is 0 Å². The number of nitrogens with one attached hydrogen (secondary N) is 2. The van der Waals surface area contributed by atoms with Crippen molar-refractivity contribution in [3.63, 3.8) is 0 Å². The average Bonchev–Trinajstić information content (AvgIpc) is 2.52. The summed E-state index contributed by atoms with van der Waals surface area (Å²) in [6.07, 6.45) is 2.07. The maximum atomic E-state index is 11.6. The van der Waals surface area contributed by atoms with Gasteiger partial charge in [0.05, 0.1) is 11.9 Å². The van der Waals surface area contributed by atoms with Crippen molar-refractivity contribution in [2.24, 2.45) is 0 Å². The highest BCUT2D eigenvalue weighted by Crippen LogP contribution is 2.10. The summed E-state index contributed by atoms with van der Waals surface area (Å²) in [6, 6.07) is 0. The number of sulfonamides is 1. The molecule has 0 aromatic carbocycles. The van der Waals surface area contributed by atoms with Gasteiger partial charge in [0.15, 0.2) is 0 Å². The van der Waals surface area contributed by atoms with Crippen LogP contribution in [0.1, 0.15) is 12.1 Å². The summed E-state index contributed by atoms with van der Waals surface area (Å²) in [4.78, 5) is 0.215. The van der Waals surface area contributed by atoms with Gasteiger partial charge in [-0.15, -0.1) is 0 Å². The van der Waals surface area contributed by atoms with Crippen molar-refractivity contribution in [2.75, 3.05) is 11.9 Å². The van der Waals surface area contributed by atoms with E-state index in [4.69, 9.17) is 0 Å². The van der Waals surface area contributed by atoms with E-state index in [9.17, 15) is 8.42 Å². The van der Waals surface area contributed by atoms with Crippen molar-refractivity contribution >= 4 is 26.0 Å². The number of nitrogens with zero attached hydrogens (tertiary/aromatic N) is 1. The highest BCUT2D eigenvalue weighted by atomic mass is 79.9. The van der Waals surface area contributed by atoms with E-state index in [1.54, 1.807) is 6.92 Å². The standard InChI is InChI=1S/C7H12BrN3O2S/c1-6-7(5-9-11-6)14(12,13)10-4-2-3-8/h5,10H,2-4H2,1H3,(H,9,11). The molecule has 0 radical (unpaired) electrons. The second-order valence-electron chi connectivity index (χ2n) is 2.80. The minimum absolute atomic E-state index is 0.215. The van der Waals surface area contributed by atoms with Gasteiger partial charge in [0.1, 0.15) is 4.90 Å². The van der Waals surface area contributed by atoms with E-state index in [0.717, 1.165) is 11.8 Å². The van der Waals surface area contributed by atoms with Crippen LogP contribution in [0.2, 0.25) is 0 Å². The van der Waals surface area contributed by atoms with Gasteiger partial charge in [0, 0.05) is 11.9 Å². The van der Waals surface area contributed by atoms with Crippen molar-refractivity contribution < 1.29 is 8.42 Å². The van der Waals surface area contributed by atoms with Crippen LogP contribution in [0.25, 0.3) is 0 Å². The van der Waals surface area contributed by atoms with E-state index in [1.165, 1.54) is 6.20 Å². The molecule has 0 aliphatic rings. The molecule has 0 spiro atoms. The van der Waals surface area contributed by atoms with Gasteiger partial charge in [-0.3, -0.25) is 5.10 Å². The molecule has 0 fully saturated rings. The molecule has 0 unspecified atom stereocenters. The number of hydrogen-bond donors (Lipinski definition) is 2. The Balaban J connectivity index is 2.72. The Labute approximate surface area is 91.5 Å². The van der Waals surface area contributed by atoms with Crippen LogP contribution in [0.15, 0.2) is 11.1 Å². The number of alkyl halides is 1. The van der Waals surface area contributed by atoms with Crippen molar-refractivity contribution in [1.29, 1.82) is 0 Å². The second-order valence-corrected chi connectivity index (χ2v) is 5.33. The third-order valence-corrected chi connectivity index (χ3v) is 3.81. The molecule has 0 saturated heterocycles. The molecule has 5 nitrogen and oxygen atoms in total. The van der Waals surface area contributed by atoms with Gasteiger partial charge in [-0.1, -0.05) is 15.9 Å². The molecule has 2 N–H and O–H groups in total. The maximum absolute atomic E-state index is 11.6. The number of aromatic amines is 1. The highest BCUT2D eigenvalue weighted by Gasteiger charge is 2.17. The van der Waals surface area contributed by atoms with E-state index in [-0.39, 0.29) is 4.90 Å². The molecule has 0 amide bonds. The Kier molecular flexibility index (Phi) is 4.09. The van der Waals surface area contributed by atoms with E-state index < -0.39 is 10.0 Å². The Morgan fingerprint density at radius 1 is 1.64 bits per heavy atom. The quantitative estimate of drug-likeness (QED) is 0.619. The lowest BCUT2D eigenvalue weighted by atomic mass is 10.5. The normalized spacial score (nSPS) is 11.9. The number of aryl methyl sites for hydroxylation is 1. The van der Waals surface area contributed by atoms with Crippen LogP contribution in [-0.4, -0.2) is 30.5 Å². The van der Waals surface area contributed by atoms with Crippen LogP contribution in [0.4, 0.5) is 0 Å². The summed E-state index contributed by atoms with van der Waals surface area (Å²) in [6.45, 7) is 2.10. The Morgan fingerprint density at radius 3 is 2.86 bits per heavy atom. The number of hydrogen-bond acceptors (Lipinski definition) is 3. The lowest BCUT2D eigenvalue weighted by Gasteiger charge is -2.03. The fourth-order valence-electron chi connectivity index (χ4n) is 0.962. The molecule has 7 heteroatoms. The minimum atomic E-state index is -3.38. The molecule has 14 heavy (non-hydrogen) atoms. The van der Waals surface area contributed by atoms with Crippen LogP contribution in [0.5, 0.6) is 0 Å². The predicted octanol–water partition coefficient (Wildman–Crippen LogP) is 0.781. The number of halogens is 1. The summed E-state index contributed by atoms with van der Waals surface area (Å²) in [7, 11) is -3.38. The third-order valence-electron chi connectivity index (χ3n) is 1.68. The maximum Gasteiger partial charge on any atom is 0.243 e. The van der Waals surface area contributed by atoms with Crippen LogP contribution < -0.4 is 4.72 Å². The van der Waals surface area contributed by atoms with Gasteiger partial charge in [-0.2, -0.15) is 5.10 Å². The molecule has 1 heterocycles. The first-order valence-electron chi connectivity index (χ1n) is 4.13. The summed E-state index contributed by atoms with van der Waals surface area (Å²) in [5.74, 6) is 0. The zero-order valence-corrected chi connectivity index (χ0v) is 10.2. The smallest absolute Gasteiger partial charge is 0.243 e. The van der Waals surface area contributed by atoms with Crippen molar-refractivity contribution in [3.8, 4) is 0 Å². The first-order chi connectivity index (χ1) is 6.58. The van der Waals surface area contributed by atoms with E-state index in [0.29, 0.717) is 12.2 Å². The Hall–Kier alpha value is -0.400. The van der Waals surface area contributed by atoms with Crippen LogP contribution >= 0.6 is 15.9 Å². The van der Waals surface area contributed by atoms with Crippen LogP contribution in [0, 0.1) is 6.92 Å². The second kappa shape index (κ2) is 4.90. The molecule has 1 rings (SSSR count). The summed E-state index contributed by atoms with van der Waals surface area (Å²) in [5, 5.41) is 7.03. The Bertz CT molecular complexity index is 387. The zero-order chi connectivity index (χ0) is 10.6. The van der Waals surface area contributed by atoms with Crippen LogP contribution in [-0.2, 0) is 10.0 Å². The summed E-state index contributed by atoms with van der Waals surface area (Å²) >= 11 is 3.23. The minimum Gasteiger partial charge on any atom is -0.281 e.